The first kappa shape index (κ1) is 15.2. The molecule has 0 unspecified atom stereocenters. The number of nitrogens with one attached hydrogen (secondary N) is 2. The second-order valence-corrected chi connectivity index (χ2v) is 3.76. The fourth-order valence-electron chi connectivity index (χ4n) is 1.63. The maximum Gasteiger partial charge on any atom is 0.328 e. The van der Waals surface area contributed by atoms with Crippen LogP contribution in [0.2, 0.25) is 0 Å². The molecule has 1 fully saturated rings. The van der Waals surface area contributed by atoms with Crippen LogP contribution >= 0.6 is 12.4 Å². The number of hydrogen-bond donors (Lipinski definition) is 2. The lowest BCUT2D eigenvalue weighted by atomic mass is 10.0. The van der Waals surface area contributed by atoms with Crippen LogP contribution in [0.3, 0.4) is 0 Å². The van der Waals surface area contributed by atoms with Crippen LogP contribution in [-0.2, 0) is 14.3 Å². The van der Waals surface area contributed by atoms with E-state index in [-0.39, 0.29) is 24.4 Å². The van der Waals surface area contributed by atoms with E-state index in [0.29, 0.717) is 0 Å². The van der Waals surface area contributed by atoms with Gasteiger partial charge in [0.05, 0.1) is 13.2 Å². The van der Waals surface area contributed by atoms with Gasteiger partial charge in [-0.2, -0.15) is 0 Å². The molecule has 2 atom stereocenters. The lowest BCUT2D eigenvalue weighted by molar-refractivity contribution is -0.144. The molecule has 5 nitrogen and oxygen atoms in total. The number of methoxy groups -OCH3 is 1. The Hall–Kier alpha value is -0.810. The molecule has 0 bridgehead atoms. The highest BCUT2D eigenvalue weighted by Gasteiger charge is 2.23. The second-order valence-electron chi connectivity index (χ2n) is 3.76. The smallest absolute Gasteiger partial charge is 0.328 e. The summed E-state index contributed by atoms with van der Waals surface area (Å²) in [4.78, 5) is 22.7. The van der Waals surface area contributed by atoms with E-state index in [9.17, 15) is 9.59 Å². The van der Waals surface area contributed by atoms with Crippen LogP contribution in [0.15, 0.2) is 0 Å². The van der Waals surface area contributed by atoms with Gasteiger partial charge in [-0.1, -0.05) is 6.42 Å². The van der Waals surface area contributed by atoms with Gasteiger partial charge in [-0.25, -0.2) is 4.79 Å². The maximum atomic E-state index is 11.6. The Bertz CT molecular complexity index is 242. The first-order valence-corrected chi connectivity index (χ1v) is 5.26. The van der Waals surface area contributed by atoms with Gasteiger partial charge in [0.15, 0.2) is 0 Å². The number of carbonyl (C=O) groups excluding carboxylic acids is 2. The molecule has 1 aliphatic rings. The molecule has 0 aromatic carbocycles. The van der Waals surface area contributed by atoms with Crippen molar-refractivity contribution in [2.75, 3.05) is 13.7 Å². The number of ether oxygens (including phenoxy) is 1. The van der Waals surface area contributed by atoms with Crippen LogP contribution in [0.4, 0.5) is 0 Å². The Balaban J connectivity index is 0.00000225. The normalized spacial score (nSPS) is 21.5. The quantitative estimate of drug-likeness (QED) is 0.704. The predicted molar refractivity (Wildman–Crippen MR) is 62.5 cm³/mol. The molecule has 6 heteroatoms. The predicted octanol–water partition coefficient (Wildman–Crippen LogP) is 0.228. The molecule has 1 heterocycles. The van der Waals surface area contributed by atoms with Gasteiger partial charge in [0.2, 0.25) is 5.91 Å². The van der Waals surface area contributed by atoms with Gasteiger partial charge in [0.1, 0.15) is 6.04 Å². The van der Waals surface area contributed by atoms with Crippen LogP contribution in [0.25, 0.3) is 0 Å². The van der Waals surface area contributed by atoms with E-state index in [1.165, 1.54) is 7.11 Å². The first-order valence-electron chi connectivity index (χ1n) is 5.26. The third-order valence-electron chi connectivity index (χ3n) is 2.54. The number of carbonyl (C=O) groups is 2. The van der Waals surface area contributed by atoms with Crippen LogP contribution in [0, 0.1) is 0 Å². The standard InChI is InChI=1S/C10H18N2O3.ClH/c1-7(10(14)15-2)12-9(13)8-5-3-4-6-11-8;/h7-8,11H,3-6H2,1-2H3,(H,12,13);1H/t7-,8-;/m1./s1. The van der Waals surface area contributed by atoms with Gasteiger partial charge in [-0.15, -0.1) is 12.4 Å². The molecule has 0 saturated carbocycles. The summed E-state index contributed by atoms with van der Waals surface area (Å²) >= 11 is 0. The van der Waals surface area contributed by atoms with Crippen LogP contribution in [0.5, 0.6) is 0 Å². The minimum Gasteiger partial charge on any atom is -0.467 e. The topological polar surface area (TPSA) is 67.4 Å². The average molecular weight is 251 g/mol. The third-order valence-corrected chi connectivity index (χ3v) is 2.54. The summed E-state index contributed by atoms with van der Waals surface area (Å²) < 4.78 is 4.53. The molecule has 94 valence electrons. The zero-order valence-electron chi connectivity index (χ0n) is 9.62. The molecule has 1 rings (SSSR count). The molecular formula is C10H19ClN2O3. The van der Waals surface area contributed by atoms with Gasteiger partial charge in [0.25, 0.3) is 0 Å². The van der Waals surface area contributed by atoms with Crippen molar-refractivity contribution >= 4 is 24.3 Å². The molecule has 0 aromatic rings. The Morgan fingerprint density at radius 3 is 2.62 bits per heavy atom. The highest BCUT2D eigenvalue weighted by atomic mass is 35.5. The summed E-state index contributed by atoms with van der Waals surface area (Å²) in [6, 6.07) is -0.739. The molecule has 1 aliphatic heterocycles. The van der Waals surface area contributed by atoms with Gasteiger partial charge in [-0.05, 0) is 26.3 Å². The minimum absolute atomic E-state index is 0. The van der Waals surface area contributed by atoms with E-state index in [2.05, 4.69) is 15.4 Å². The van der Waals surface area contributed by atoms with E-state index in [1.54, 1.807) is 6.92 Å². The van der Waals surface area contributed by atoms with Crippen molar-refractivity contribution in [2.24, 2.45) is 0 Å². The Labute approximate surface area is 102 Å². The van der Waals surface area contributed by atoms with Crippen molar-refractivity contribution in [2.45, 2.75) is 38.3 Å². The molecule has 2 N–H and O–H groups in total. The van der Waals surface area contributed by atoms with Crippen molar-refractivity contribution in [3.63, 3.8) is 0 Å². The van der Waals surface area contributed by atoms with E-state index >= 15 is 0 Å². The monoisotopic (exact) mass is 250 g/mol. The zero-order chi connectivity index (χ0) is 11.3. The minimum atomic E-state index is -0.578. The molecule has 0 spiro atoms. The summed E-state index contributed by atoms with van der Waals surface area (Å²) in [5.74, 6) is -0.535. The fraction of sp³-hybridized carbons (Fsp3) is 0.800. The Morgan fingerprint density at radius 1 is 1.44 bits per heavy atom. The first-order chi connectivity index (χ1) is 7.15. The molecule has 0 aromatic heterocycles. The summed E-state index contributed by atoms with van der Waals surface area (Å²) in [5, 5.41) is 5.74. The van der Waals surface area contributed by atoms with Crippen molar-refractivity contribution in [1.29, 1.82) is 0 Å². The molecule has 0 aliphatic carbocycles. The fourth-order valence-corrected chi connectivity index (χ4v) is 1.63. The number of rotatable bonds is 3. The van der Waals surface area contributed by atoms with E-state index in [0.717, 1.165) is 25.8 Å². The van der Waals surface area contributed by atoms with Gasteiger partial charge in [-0.3, -0.25) is 4.79 Å². The summed E-state index contributed by atoms with van der Waals surface area (Å²) in [6.45, 7) is 2.48. The van der Waals surface area contributed by atoms with E-state index < -0.39 is 12.0 Å². The molecular weight excluding hydrogens is 232 g/mol. The number of esters is 1. The van der Waals surface area contributed by atoms with Gasteiger partial charge < -0.3 is 15.4 Å². The Morgan fingerprint density at radius 2 is 2.12 bits per heavy atom. The molecule has 0 radical (unpaired) electrons. The summed E-state index contributed by atoms with van der Waals surface area (Å²) in [5.41, 5.74) is 0. The second kappa shape index (κ2) is 7.46. The van der Waals surface area contributed by atoms with Crippen molar-refractivity contribution < 1.29 is 14.3 Å². The molecule has 1 amide bonds. The van der Waals surface area contributed by atoms with Crippen LogP contribution in [0.1, 0.15) is 26.2 Å². The number of amides is 1. The maximum absolute atomic E-state index is 11.6. The molecule has 16 heavy (non-hydrogen) atoms. The van der Waals surface area contributed by atoms with Gasteiger partial charge in [0, 0.05) is 0 Å². The summed E-state index contributed by atoms with van der Waals surface area (Å²) in [6.07, 6.45) is 2.99. The van der Waals surface area contributed by atoms with E-state index in [1.807, 2.05) is 0 Å². The largest absolute Gasteiger partial charge is 0.467 e. The van der Waals surface area contributed by atoms with E-state index in [4.69, 9.17) is 0 Å². The van der Waals surface area contributed by atoms with Crippen molar-refractivity contribution in [1.82, 2.24) is 10.6 Å². The average Bonchev–Trinajstić information content (AvgIpc) is 2.29. The number of halogens is 1. The molecule has 1 saturated heterocycles. The lowest BCUT2D eigenvalue weighted by Crippen LogP contribution is -2.50. The highest BCUT2D eigenvalue weighted by Crippen LogP contribution is 2.07. The zero-order valence-corrected chi connectivity index (χ0v) is 10.4. The van der Waals surface area contributed by atoms with Crippen LogP contribution in [-0.4, -0.2) is 37.6 Å². The van der Waals surface area contributed by atoms with Gasteiger partial charge >= 0.3 is 5.97 Å². The number of hydrogen-bond acceptors (Lipinski definition) is 4. The SMILES string of the molecule is COC(=O)[C@@H](C)NC(=O)[C@H]1CCCCN1.Cl. The number of piperidine rings is 1. The lowest BCUT2D eigenvalue weighted by Gasteiger charge is -2.23. The highest BCUT2D eigenvalue weighted by molar-refractivity contribution is 5.87. The van der Waals surface area contributed by atoms with Crippen molar-refractivity contribution in [3.8, 4) is 0 Å². The van der Waals surface area contributed by atoms with Crippen molar-refractivity contribution in [3.05, 3.63) is 0 Å². The Kier molecular flexibility index (Phi) is 7.08. The van der Waals surface area contributed by atoms with Crippen LogP contribution < -0.4 is 10.6 Å². The summed E-state index contributed by atoms with van der Waals surface area (Å²) in [7, 11) is 1.31. The third kappa shape index (κ3) is 4.37.